The SMILES string of the molecule is Cc1ccc(C)c([C@H](N)CCN)c1.Cl. The van der Waals surface area contributed by atoms with E-state index in [1.807, 2.05) is 0 Å². The molecule has 1 aromatic carbocycles. The summed E-state index contributed by atoms with van der Waals surface area (Å²) in [4.78, 5) is 0. The van der Waals surface area contributed by atoms with Gasteiger partial charge in [0.05, 0.1) is 0 Å². The van der Waals surface area contributed by atoms with E-state index in [0.717, 1.165) is 6.42 Å². The Balaban J connectivity index is 0.00000169. The fourth-order valence-corrected chi connectivity index (χ4v) is 1.49. The highest BCUT2D eigenvalue weighted by Gasteiger charge is 2.07. The van der Waals surface area contributed by atoms with Crippen LogP contribution in [0.15, 0.2) is 18.2 Å². The lowest BCUT2D eigenvalue weighted by Gasteiger charge is -2.14. The molecule has 0 saturated heterocycles. The van der Waals surface area contributed by atoms with Crippen molar-refractivity contribution in [3.63, 3.8) is 0 Å². The van der Waals surface area contributed by atoms with Gasteiger partial charge >= 0.3 is 0 Å². The fourth-order valence-electron chi connectivity index (χ4n) is 1.49. The van der Waals surface area contributed by atoms with Crippen LogP contribution < -0.4 is 11.5 Å². The molecule has 0 fully saturated rings. The van der Waals surface area contributed by atoms with E-state index < -0.39 is 0 Å². The summed E-state index contributed by atoms with van der Waals surface area (Å²) in [6.07, 6.45) is 0.851. The van der Waals surface area contributed by atoms with Gasteiger partial charge in [0, 0.05) is 6.04 Å². The topological polar surface area (TPSA) is 52.0 Å². The molecule has 0 radical (unpaired) electrons. The summed E-state index contributed by atoms with van der Waals surface area (Å²) >= 11 is 0. The van der Waals surface area contributed by atoms with Crippen molar-refractivity contribution in [2.45, 2.75) is 26.3 Å². The summed E-state index contributed by atoms with van der Waals surface area (Å²) < 4.78 is 0. The molecule has 14 heavy (non-hydrogen) atoms. The lowest BCUT2D eigenvalue weighted by atomic mass is 9.97. The number of hydrogen-bond acceptors (Lipinski definition) is 2. The maximum atomic E-state index is 6.00. The Morgan fingerprint density at radius 1 is 1.29 bits per heavy atom. The van der Waals surface area contributed by atoms with Crippen LogP contribution in [0, 0.1) is 13.8 Å². The Bertz CT molecular complexity index is 287. The van der Waals surface area contributed by atoms with Gasteiger partial charge in [-0.15, -0.1) is 12.4 Å². The molecule has 1 atom stereocenters. The smallest absolute Gasteiger partial charge is 0.0309 e. The van der Waals surface area contributed by atoms with E-state index in [2.05, 4.69) is 32.0 Å². The average molecular weight is 215 g/mol. The summed E-state index contributed by atoms with van der Waals surface area (Å²) in [5, 5.41) is 0. The zero-order valence-corrected chi connectivity index (χ0v) is 9.60. The lowest BCUT2D eigenvalue weighted by Crippen LogP contribution is -2.16. The molecule has 4 N–H and O–H groups in total. The van der Waals surface area contributed by atoms with Gasteiger partial charge in [0.25, 0.3) is 0 Å². The molecular formula is C11H19ClN2. The maximum Gasteiger partial charge on any atom is 0.0309 e. The molecule has 0 aliphatic rings. The molecule has 0 aliphatic heterocycles. The van der Waals surface area contributed by atoms with Crippen molar-refractivity contribution in [1.82, 2.24) is 0 Å². The minimum absolute atomic E-state index is 0. The monoisotopic (exact) mass is 214 g/mol. The van der Waals surface area contributed by atoms with Gasteiger partial charge < -0.3 is 11.5 Å². The van der Waals surface area contributed by atoms with Gasteiger partial charge in [-0.25, -0.2) is 0 Å². The highest BCUT2D eigenvalue weighted by Crippen LogP contribution is 2.19. The van der Waals surface area contributed by atoms with Crippen LogP contribution in [0.25, 0.3) is 0 Å². The molecular weight excluding hydrogens is 196 g/mol. The first-order valence-electron chi connectivity index (χ1n) is 4.68. The molecule has 0 heterocycles. The van der Waals surface area contributed by atoms with E-state index in [-0.39, 0.29) is 18.4 Å². The van der Waals surface area contributed by atoms with Crippen molar-refractivity contribution in [2.75, 3.05) is 6.54 Å². The first-order chi connectivity index (χ1) is 6.15. The Labute approximate surface area is 92.1 Å². The van der Waals surface area contributed by atoms with Crippen LogP contribution in [0.4, 0.5) is 0 Å². The minimum atomic E-state index is 0. The van der Waals surface area contributed by atoms with Gasteiger partial charge in [0.1, 0.15) is 0 Å². The molecule has 1 aromatic rings. The molecule has 0 unspecified atom stereocenters. The second-order valence-corrected chi connectivity index (χ2v) is 3.54. The molecule has 0 aromatic heterocycles. The van der Waals surface area contributed by atoms with Crippen molar-refractivity contribution in [2.24, 2.45) is 11.5 Å². The van der Waals surface area contributed by atoms with Crippen LogP contribution in [0.5, 0.6) is 0 Å². The van der Waals surface area contributed by atoms with Crippen LogP contribution in [0.3, 0.4) is 0 Å². The molecule has 0 amide bonds. The van der Waals surface area contributed by atoms with Gasteiger partial charge in [-0.2, -0.15) is 0 Å². The first kappa shape index (κ1) is 13.4. The van der Waals surface area contributed by atoms with Gasteiger partial charge in [0.2, 0.25) is 0 Å². The van der Waals surface area contributed by atoms with E-state index in [9.17, 15) is 0 Å². The number of hydrogen-bond donors (Lipinski definition) is 2. The standard InChI is InChI=1S/C11H18N2.ClH/c1-8-3-4-9(2)10(7-8)11(13)5-6-12;/h3-4,7,11H,5-6,12-13H2,1-2H3;1H/t11-;/m1./s1. The summed E-state index contributed by atoms with van der Waals surface area (Å²) in [6.45, 7) is 4.82. The van der Waals surface area contributed by atoms with Crippen molar-refractivity contribution < 1.29 is 0 Å². The summed E-state index contributed by atoms with van der Waals surface area (Å²) in [5.74, 6) is 0. The van der Waals surface area contributed by atoms with E-state index in [1.165, 1.54) is 16.7 Å². The van der Waals surface area contributed by atoms with E-state index in [1.54, 1.807) is 0 Å². The molecule has 3 heteroatoms. The first-order valence-corrected chi connectivity index (χ1v) is 4.68. The zero-order valence-electron chi connectivity index (χ0n) is 8.79. The van der Waals surface area contributed by atoms with Crippen LogP contribution in [-0.2, 0) is 0 Å². The lowest BCUT2D eigenvalue weighted by molar-refractivity contribution is 0.657. The number of benzene rings is 1. The highest BCUT2D eigenvalue weighted by atomic mass is 35.5. The van der Waals surface area contributed by atoms with E-state index in [0.29, 0.717) is 6.54 Å². The third-order valence-corrected chi connectivity index (χ3v) is 2.31. The van der Waals surface area contributed by atoms with Crippen LogP contribution in [-0.4, -0.2) is 6.54 Å². The second-order valence-electron chi connectivity index (χ2n) is 3.54. The number of aryl methyl sites for hydroxylation is 2. The van der Waals surface area contributed by atoms with E-state index >= 15 is 0 Å². The third kappa shape index (κ3) is 3.29. The quantitative estimate of drug-likeness (QED) is 0.810. The summed E-state index contributed by atoms with van der Waals surface area (Å²) in [7, 11) is 0. The third-order valence-electron chi connectivity index (χ3n) is 2.31. The Morgan fingerprint density at radius 2 is 1.93 bits per heavy atom. The molecule has 80 valence electrons. The molecule has 0 bridgehead atoms. The number of nitrogens with two attached hydrogens (primary N) is 2. The predicted octanol–water partition coefficient (Wildman–Crippen LogP) is 2.07. The minimum Gasteiger partial charge on any atom is -0.330 e. The van der Waals surface area contributed by atoms with Gasteiger partial charge in [-0.1, -0.05) is 23.8 Å². The zero-order chi connectivity index (χ0) is 9.84. The van der Waals surface area contributed by atoms with Crippen molar-refractivity contribution in [3.05, 3.63) is 34.9 Å². The molecule has 0 spiro atoms. The van der Waals surface area contributed by atoms with Crippen LogP contribution >= 0.6 is 12.4 Å². The van der Waals surface area contributed by atoms with Crippen LogP contribution in [0.1, 0.15) is 29.2 Å². The summed E-state index contributed by atoms with van der Waals surface area (Å²) in [6, 6.07) is 6.45. The molecule has 1 rings (SSSR count). The largest absolute Gasteiger partial charge is 0.330 e. The number of halogens is 1. The van der Waals surface area contributed by atoms with Crippen molar-refractivity contribution in [3.8, 4) is 0 Å². The summed E-state index contributed by atoms with van der Waals surface area (Å²) in [5.41, 5.74) is 15.2. The Hall–Kier alpha value is -0.570. The van der Waals surface area contributed by atoms with Gasteiger partial charge in [-0.3, -0.25) is 0 Å². The van der Waals surface area contributed by atoms with Crippen molar-refractivity contribution >= 4 is 12.4 Å². The van der Waals surface area contributed by atoms with Crippen LogP contribution in [0.2, 0.25) is 0 Å². The number of rotatable bonds is 3. The van der Waals surface area contributed by atoms with Crippen molar-refractivity contribution in [1.29, 1.82) is 0 Å². The second kappa shape index (κ2) is 6.02. The predicted molar refractivity (Wildman–Crippen MR) is 63.8 cm³/mol. The van der Waals surface area contributed by atoms with Gasteiger partial charge in [-0.05, 0) is 37.9 Å². The Kier molecular flexibility index (Phi) is 5.77. The van der Waals surface area contributed by atoms with E-state index in [4.69, 9.17) is 11.5 Å². The maximum absolute atomic E-state index is 6.00. The fraction of sp³-hybridized carbons (Fsp3) is 0.455. The average Bonchev–Trinajstić information content (AvgIpc) is 2.09. The Morgan fingerprint density at radius 3 is 2.50 bits per heavy atom. The molecule has 0 saturated carbocycles. The highest BCUT2D eigenvalue weighted by molar-refractivity contribution is 5.85. The van der Waals surface area contributed by atoms with Gasteiger partial charge in [0.15, 0.2) is 0 Å². The molecule has 2 nitrogen and oxygen atoms in total. The molecule has 0 aliphatic carbocycles. The normalized spacial score (nSPS) is 12.0.